The van der Waals surface area contributed by atoms with Crippen molar-refractivity contribution >= 4 is 29.5 Å². The molecule has 0 amide bonds. The molecule has 0 aliphatic carbocycles. The molecule has 0 saturated carbocycles. The van der Waals surface area contributed by atoms with Gasteiger partial charge in [-0.2, -0.15) is 0 Å². The third kappa shape index (κ3) is 3.78. The molecule has 0 fully saturated rings. The summed E-state index contributed by atoms with van der Waals surface area (Å²) in [6, 6.07) is 0. The first-order valence-electron chi connectivity index (χ1n) is 1.87. The summed E-state index contributed by atoms with van der Waals surface area (Å²) in [6.07, 6.45) is 0. The van der Waals surface area contributed by atoms with Crippen LogP contribution in [-0.2, 0) is 20.5 Å². The standard InChI is InChI=1S/2CH3O.3ClH.O.V/c2*1-2;;;;;/h2*1H3;3*1H;;/q2*-1;;;;;+5/p-3. The zero-order valence-corrected chi connectivity index (χ0v) is 8.47. The Bertz CT molecular complexity index is 179. The normalized spacial score (nSPS) is 20.6. The fraction of sp³-hybridized carbons (Fsp3) is 1.00. The molecule has 0 aliphatic rings. The van der Waals surface area contributed by atoms with Crippen LogP contribution >= 0.6 is 29.5 Å². The molecule has 0 heterocycles. The van der Waals surface area contributed by atoms with Crippen LogP contribution in [0.1, 0.15) is 0 Å². The van der Waals surface area contributed by atoms with Gasteiger partial charge in [0.05, 0.1) is 0 Å². The minimum atomic E-state index is -6.01. The van der Waals surface area contributed by atoms with Gasteiger partial charge in [0.25, 0.3) is 0 Å². The van der Waals surface area contributed by atoms with Gasteiger partial charge in [0.1, 0.15) is 0 Å². The monoisotopic (exact) mass is 234 g/mol. The molecule has 0 rings (SSSR count). The Labute approximate surface area is 64.3 Å². The van der Waals surface area contributed by atoms with Crippen LogP contribution in [0.25, 0.3) is 0 Å². The molecule has 0 aliphatic heterocycles. The van der Waals surface area contributed by atoms with E-state index < -0.39 is 9.53 Å². The zero-order chi connectivity index (χ0) is 7.82. The van der Waals surface area contributed by atoms with E-state index in [0.717, 1.165) is 14.2 Å². The van der Waals surface area contributed by atoms with Crippen molar-refractivity contribution in [2.24, 2.45) is 0 Å². The van der Waals surface area contributed by atoms with E-state index in [9.17, 15) is 3.67 Å². The van der Waals surface area contributed by atoms with Crippen LogP contribution in [0.3, 0.4) is 0 Å². The molecule has 0 N–H and O–H groups in total. The number of halogens is 3. The number of rotatable bonds is 2. The fourth-order valence-electron chi connectivity index (χ4n) is 0.0745. The first-order valence-corrected chi connectivity index (χ1v) is 9.35. The van der Waals surface area contributed by atoms with Crippen LogP contribution in [0.5, 0.6) is 0 Å². The molecular formula is C2H6Cl3O3V. The topological polar surface area (TPSA) is 35.5 Å². The Balaban J connectivity index is 4.91. The van der Waals surface area contributed by atoms with Gasteiger partial charge >= 0.3 is 64.3 Å². The molecule has 0 saturated heterocycles. The first-order chi connectivity index (χ1) is 3.62. The van der Waals surface area contributed by atoms with Gasteiger partial charge in [-0.15, -0.1) is 0 Å². The van der Waals surface area contributed by atoms with E-state index in [1.54, 1.807) is 0 Å². The van der Waals surface area contributed by atoms with Crippen molar-refractivity contribution in [3.63, 3.8) is 0 Å². The van der Waals surface area contributed by atoms with Crippen LogP contribution < -0.4 is 0 Å². The van der Waals surface area contributed by atoms with E-state index in [4.69, 9.17) is 29.5 Å². The number of hydrogen-bond donors (Lipinski definition) is 0. The van der Waals surface area contributed by atoms with Gasteiger partial charge in [0.2, 0.25) is 0 Å². The van der Waals surface area contributed by atoms with E-state index in [1.165, 1.54) is 0 Å². The number of hydrogen-bond acceptors (Lipinski definition) is 3. The van der Waals surface area contributed by atoms with Gasteiger partial charge in [-0.3, -0.25) is 0 Å². The van der Waals surface area contributed by atoms with Crippen molar-refractivity contribution in [1.29, 1.82) is 0 Å². The van der Waals surface area contributed by atoms with Crippen molar-refractivity contribution in [2.75, 3.05) is 14.2 Å². The van der Waals surface area contributed by atoms with E-state index in [-0.39, 0.29) is 0 Å². The van der Waals surface area contributed by atoms with E-state index in [1.807, 2.05) is 0 Å². The summed E-state index contributed by atoms with van der Waals surface area (Å²) in [5.74, 6) is 0. The van der Waals surface area contributed by atoms with Crippen LogP contribution in [0.15, 0.2) is 0 Å². The van der Waals surface area contributed by atoms with Gasteiger partial charge in [0, 0.05) is 0 Å². The summed E-state index contributed by atoms with van der Waals surface area (Å²) < 4.78 is 19.3. The zero-order valence-electron chi connectivity index (χ0n) is 4.81. The van der Waals surface area contributed by atoms with Gasteiger partial charge in [-0.25, -0.2) is 0 Å². The molecular weight excluding hydrogens is 229 g/mol. The molecule has 9 heavy (non-hydrogen) atoms. The van der Waals surface area contributed by atoms with Crippen molar-refractivity contribution in [2.45, 2.75) is 0 Å². The Morgan fingerprint density at radius 1 is 1.11 bits per heavy atom. The van der Waals surface area contributed by atoms with Crippen molar-refractivity contribution in [3.05, 3.63) is 0 Å². The van der Waals surface area contributed by atoms with Crippen molar-refractivity contribution < 1.29 is 20.5 Å². The van der Waals surface area contributed by atoms with Crippen molar-refractivity contribution in [1.82, 2.24) is 0 Å². The quantitative estimate of drug-likeness (QED) is 0.735. The van der Waals surface area contributed by atoms with Crippen LogP contribution in [0, 0.1) is 0 Å². The van der Waals surface area contributed by atoms with E-state index in [2.05, 4.69) is 7.32 Å². The summed E-state index contributed by atoms with van der Waals surface area (Å²) in [7, 11) is 11.4. The second kappa shape index (κ2) is 1.86. The van der Waals surface area contributed by atoms with Gasteiger partial charge in [-0.05, 0) is 0 Å². The summed E-state index contributed by atoms with van der Waals surface area (Å²) in [6.45, 7) is 0. The molecule has 7 heteroatoms. The molecule has 0 aromatic rings. The predicted octanol–water partition coefficient (Wildman–Crippen LogP) is 2.14. The second-order valence-electron chi connectivity index (χ2n) is 1.40. The second-order valence-corrected chi connectivity index (χ2v) is 17.2. The molecule has 0 bridgehead atoms. The third-order valence-electron chi connectivity index (χ3n) is 0.712. The summed E-state index contributed by atoms with van der Waals surface area (Å²) in [4.78, 5) is 0. The molecule has 0 aromatic carbocycles. The average Bonchev–Trinajstić information content (AvgIpc) is 1.67. The molecule has 0 radical (unpaired) electrons. The Kier molecular flexibility index (Phi) is 2.10. The molecule has 0 spiro atoms. The predicted molar refractivity (Wildman–Crippen MR) is 32.3 cm³/mol. The maximum absolute atomic E-state index is 11.0. The third-order valence-corrected chi connectivity index (χ3v) is 6.35. The average molecular weight is 235 g/mol. The summed E-state index contributed by atoms with van der Waals surface area (Å²) in [5.41, 5.74) is 0. The first kappa shape index (κ1) is 10.2. The molecule has 0 atom stereocenters. The molecule has 0 unspecified atom stereocenters. The van der Waals surface area contributed by atoms with Gasteiger partial charge < -0.3 is 0 Å². The van der Waals surface area contributed by atoms with E-state index >= 15 is 0 Å². The van der Waals surface area contributed by atoms with Gasteiger partial charge in [0.15, 0.2) is 0 Å². The van der Waals surface area contributed by atoms with Crippen LogP contribution in [0.4, 0.5) is 0 Å². The molecule has 0 aromatic heterocycles. The SMILES string of the molecule is C[O][V](=[O])([Cl])([Cl])([Cl])[O]C. The van der Waals surface area contributed by atoms with Crippen LogP contribution in [-0.4, -0.2) is 14.2 Å². The Hall–Kier alpha value is 1.17. The summed E-state index contributed by atoms with van der Waals surface area (Å²) >= 11 is 0. The van der Waals surface area contributed by atoms with Gasteiger partial charge in [-0.1, -0.05) is 0 Å². The summed E-state index contributed by atoms with van der Waals surface area (Å²) in [5, 5.41) is 0. The van der Waals surface area contributed by atoms with E-state index in [0.29, 0.717) is 0 Å². The Morgan fingerprint density at radius 3 is 1.33 bits per heavy atom. The Morgan fingerprint density at radius 2 is 1.33 bits per heavy atom. The fourth-order valence-corrected chi connectivity index (χ4v) is 0.307. The van der Waals surface area contributed by atoms with Crippen molar-refractivity contribution in [3.8, 4) is 0 Å². The maximum atomic E-state index is 11.0. The minimum absolute atomic E-state index is 1.00. The van der Waals surface area contributed by atoms with Crippen LogP contribution in [0.2, 0.25) is 0 Å². The molecule has 58 valence electrons. The molecule has 3 nitrogen and oxygen atoms in total.